The Balaban J connectivity index is 2.38. The van der Waals surface area contributed by atoms with E-state index in [0.717, 1.165) is 5.56 Å². The lowest BCUT2D eigenvalue weighted by Gasteiger charge is -2.10. The van der Waals surface area contributed by atoms with E-state index in [2.05, 4.69) is 10.2 Å². The standard InChI is InChI=1S/C11H7Cl3N2/c12-7-3-4-8(9(13)6-7)11(14)10-2-1-5-15-16-10/h1-6,11H. The molecule has 0 amide bonds. The van der Waals surface area contributed by atoms with Crippen LogP contribution in [0.3, 0.4) is 0 Å². The lowest BCUT2D eigenvalue weighted by atomic mass is 10.1. The number of hydrogen-bond acceptors (Lipinski definition) is 2. The molecular formula is C11H7Cl3N2. The lowest BCUT2D eigenvalue weighted by molar-refractivity contribution is 0.921. The minimum atomic E-state index is -0.418. The highest BCUT2D eigenvalue weighted by molar-refractivity contribution is 6.36. The zero-order valence-corrected chi connectivity index (χ0v) is 10.3. The van der Waals surface area contributed by atoms with Gasteiger partial charge in [-0.1, -0.05) is 29.3 Å². The zero-order chi connectivity index (χ0) is 11.5. The fourth-order valence-electron chi connectivity index (χ4n) is 1.31. The van der Waals surface area contributed by atoms with Gasteiger partial charge in [0.05, 0.1) is 5.69 Å². The smallest absolute Gasteiger partial charge is 0.104 e. The third-order valence-electron chi connectivity index (χ3n) is 2.09. The van der Waals surface area contributed by atoms with Crippen LogP contribution in [0, 0.1) is 0 Å². The monoisotopic (exact) mass is 272 g/mol. The van der Waals surface area contributed by atoms with Gasteiger partial charge in [-0.2, -0.15) is 10.2 Å². The molecule has 1 aromatic carbocycles. The first-order valence-electron chi connectivity index (χ1n) is 4.55. The van der Waals surface area contributed by atoms with E-state index >= 15 is 0 Å². The Morgan fingerprint density at radius 1 is 1.12 bits per heavy atom. The van der Waals surface area contributed by atoms with Crippen molar-refractivity contribution in [3.8, 4) is 0 Å². The highest BCUT2D eigenvalue weighted by atomic mass is 35.5. The first-order chi connectivity index (χ1) is 7.68. The van der Waals surface area contributed by atoms with E-state index in [1.165, 1.54) is 0 Å². The molecule has 1 unspecified atom stereocenters. The Labute approximate surface area is 108 Å². The van der Waals surface area contributed by atoms with Crippen molar-refractivity contribution in [3.05, 3.63) is 57.8 Å². The second-order valence-electron chi connectivity index (χ2n) is 3.18. The van der Waals surface area contributed by atoms with E-state index in [9.17, 15) is 0 Å². The summed E-state index contributed by atoms with van der Waals surface area (Å²) in [5.74, 6) is 0. The van der Waals surface area contributed by atoms with Gasteiger partial charge in [-0.25, -0.2) is 0 Å². The van der Waals surface area contributed by atoms with Gasteiger partial charge in [-0.15, -0.1) is 11.6 Å². The Morgan fingerprint density at radius 2 is 1.94 bits per heavy atom. The van der Waals surface area contributed by atoms with Crippen LogP contribution in [0.25, 0.3) is 0 Å². The second kappa shape index (κ2) is 5.00. The number of halogens is 3. The molecule has 0 saturated heterocycles. The SMILES string of the molecule is Clc1ccc(C(Cl)c2cccnn2)c(Cl)c1. The fraction of sp³-hybridized carbons (Fsp3) is 0.0909. The quantitative estimate of drug-likeness (QED) is 0.770. The van der Waals surface area contributed by atoms with Gasteiger partial charge in [0.1, 0.15) is 5.38 Å². The van der Waals surface area contributed by atoms with Crippen LogP contribution in [0.1, 0.15) is 16.6 Å². The molecule has 1 aromatic heterocycles. The third-order valence-corrected chi connectivity index (χ3v) is 3.11. The minimum Gasteiger partial charge on any atom is -0.159 e. The summed E-state index contributed by atoms with van der Waals surface area (Å²) in [4.78, 5) is 0. The van der Waals surface area contributed by atoms with Crippen LogP contribution in [0.4, 0.5) is 0 Å². The molecule has 0 N–H and O–H groups in total. The largest absolute Gasteiger partial charge is 0.159 e. The van der Waals surface area contributed by atoms with Crippen molar-refractivity contribution >= 4 is 34.8 Å². The van der Waals surface area contributed by atoms with Crippen LogP contribution in [0.5, 0.6) is 0 Å². The molecule has 0 aliphatic heterocycles. The third kappa shape index (κ3) is 2.46. The molecular weight excluding hydrogens is 266 g/mol. The molecule has 0 aliphatic rings. The normalized spacial score (nSPS) is 12.4. The first kappa shape index (κ1) is 11.6. The van der Waals surface area contributed by atoms with E-state index in [-0.39, 0.29) is 0 Å². The summed E-state index contributed by atoms with van der Waals surface area (Å²) in [6, 6.07) is 8.77. The summed E-state index contributed by atoms with van der Waals surface area (Å²) >= 11 is 18.1. The van der Waals surface area contributed by atoms with Crippen LogP contribution in [-0.2, 0) is 0 Å². The number of rotatable bonds is 2. The number of aromatic nitrogens is 2. The molecule has 0 radical (unpaired) electrons. The maximum atomic E-state index is 6.26. The molecule has 1 atom stereocenters. The second-order valence-corrected chi connectivity index (χ2v) is 4.46. The number of hydrogen-bond donors (Lipinski definition) is 0. The van der Waals surface area contributed by atoms with E-state index in [1.54, 1.807) is 36.5 Å². The average molecular weight is 274 g/mol. The maximum Gasteiger partial charge on any atom is 0.104 e. The van der Waals surface area contributed by atoms with Crippen LogP contribution in [0.15, 0.2) is 36.5 Å². The van der Waals surface area contributed by atoms with Crippen LogP contribution >= 0.6 is 34.8 Å². The fourth-order valence-corrected chi connectivity index (χ4v) is 2.20. The molecule has 0 fully saturated rings. The van der Waals surface area contributed by atoms with Gasteiger partial charge in [-0.05, 0) is 29.8 Å². The topological polar surface area (TPSA) is 25.8 Å². The Bertz CT molecular complexity index is 488. The molecule has 2 rings (SSSR count). The van der Waals surface area contributed by atoms with Gasteiger partial charge in [0.25, 0.3) is 0 Å². The van der Waals surface area contributed by atoms with Crippen LogP contribution in [-0.4, -0.2) is 10.2 Å². The molecule has 0 aliphatic carbocycles. The Kier molecular flexibility index (Phi) is 3.64. The van der Waals surface area contributed by atoms with E-state index in [4.69, 9.17) is 34.8 Å². The highest BCUT2D eigenvalue weighted by Gasteiger charge is 2.15. The molecule has 0 spiro atoms. The van der Waals surface area contributed by atoms with E-state index in [1.807, 2.05) is 0 Å². The molecule has 5 heteroatoms. The van der Waals surface area contributed by atoms with E-state index < -0.39 is 5.38 Å². The minimum absolute atomic E-state index is 0.418. The van der Waals surface area contributed by atoms with Gasteiger partial charge < -0.3 is 0 Å². The predicted molar refractivity (Wildman–Crippen MR) is 66.2 cm³/mol. The molecule has 82 valence electrons. The Morgan fingerprint density at radius 3 is 2.56 bits per heavy atom. The van der Waals surface area contributed by atoms with Crippen molar-refractivity contribution in [2.24, 2.45) is 0 Å². The Hall–Kier alpha value is -0.830. The maximum absolute atomic E-state index is 6.26. The lowest BCUT2D eigenvalue weighted by Crippen LogP contribution is -1.98. The van der Waals surface area contributed by atoms with Gasteiger partial charge in [0, 0.05) is 16.2 Å². The number of nitrogens with zero attached hydrogens (tertiary/aromatic N) is 2. The van der Waals surface area contributed by atoms with Crippen molar-refractivity contribution in [1.29, 1.82) is 0 Å². The zero-order valence-electron chi connectivity index (χ0n) is 8.07. The van der Waals surface area contributed by atoms with Crippen molar-refractivity contribution < 1.29 is 0 Å². The highest BCUT2D eigenvalue weighted by Crippen LogP contribution is 2.33. The van der Waals surface area contributed by atoms with Crippen molar-refractivity contribution in [2.45, 2.75) is 5.38 Å². The average Bonchev–Trinajstić information content (AvgIpc) is 2.29. The van der Waals surface area contributed by atoms with Gasteiger partial charge in [0.15, 0.2) is 0 Å². The van der Waals surface area contributed by atoms with Crippen molar-refractivity contribution in [3.63, 3.8) is 0 Å². The summed E-state index contributed by atoms with van der Waals surface area (Å²) in [6.45, 7) is 0. The molecule has 2 aromatic rings. The molecule has 16 heavy (non-hydrogen) atoms. The summed E-state index contributed by atoms with van der Waals surface area (Å²) in [5.41, 5.74) is 1.43. The summed E-state index contributed by atoms with van der Waals surface area (Å²) in [7, 11) is 0. The van der Waals surface area contributed by atoms with Gasteiger partial charge in [0.2, 0.25) is 0 Å². The van der Waals surface area contributed by atoms with Crippen molar-refractivity contribution in [2.75, 3.05) is 0 Å². The molecule has 1 heterocycles. The van der Waals surface area contributed by atoms with Crippen LogP contribution in [0.2, 0.25) is 10.0 Å². The summed E-state index contributed by atoms with van der Waals surface area (Å²) in [6.07, 6.45) is 1.59. The molecule has 0 saturated carbocycles. The molecule has 0 bridgehead atoms. The van der Waals surface area contributed by atoms with Gasteiger partial charge in [-0.3, -0.25) is 0 Å². The summed E-state index contributed by atoms with van der Waals surface area (Å²) in [5, 5.41) is 8.41. The van der Waals surface area contributed by atoms with Crippen molar-refractivity contribution in [1.82, 2.24) is 10.2 Å². The summed E-state index contributed by atoms with van der Waals surface area (Å²) < 4.78 is 0. The van der Waals surface area contributed by atoms with E-state index in [0.29, 0.717) is 15.7 Å². The van der Waals surface area contributed by atoms with Crippen LogP contribution < -0.4 is 0 Å². The predicted octanol–water partition coefficient (Wildman–Crippen LogP) is 4.11. The number of benzene rings is 1. The first-order valence-corrected chi connectivity index (χ1v) is 5.74. The van der Waals surface area contributed by atoms with Gasteiger partial charge >= 0.3 is 0 Å². The number of alkyl halides is 1. The molecule has 2 nitrogen and oxygen atoms in total.